The molecule has 1 unspecified atom stereocenters. The maximum atomic E-state index is 12.9. The van der Waals surface area contributed by atoms with Gasteiger partial charge in [0.25, 0.3) is 5.91 Å². The molecule has 6 nitrogen and oxygen atoms in total. The number of pyridine rings is 1. The van der Waals surface area contributed by atoms with Crippen molar-refractivity contribution in [1.82, 2.24) is 25.1 Å². The van der Waals surface area contributed by atoms with Gasteiger partial charge in [-0.3, -0.25) is 4.79 Å². The van der Waals surface area contributed by atoms with Gasteiger partial charge in [-0.1, -0.05) is 6.07 Å². The second-order valence-electron chi connectivity index (χ2n) is 3.84. The monoisotopic (exact) mass is 249 g/mol. The van der Waals surface area contributed by atoms with E-state index in [1.807, 2.05) is 0 Å². The number of aromatic nitrogens is 4. The van der Waals surface area contributed by atoms with Crippen molar-refractivity contribution in [3.8, 4) is 0 Å². The first-order chi connectivity index (χ1) is 8.58. The van der Waals surface area contributed by atoms with Crippen LogP contribution in [0.1, 0.15) is 29.3 Å². The largest absolute Gasteiger partial charge is 0.341 e. The van der Waals surface area contributed by atoms with Crippen molar-refractivity contribution < 1.29 is 9.18 Å². The Morgan fingerprint density at radius 2 is 2.28 bits per heavy atom. The standard InChI is InChI=1S/C11H12FN5O/c1-7(10-16-13-6-17(10)2)14-11(18)8-4-3-5-9(12)15-8/h3-7H,1-2H3,(H,14,18). The van der Waals surface area contributed by atoms with E-state index in [0.29, 0.717) is 5.82 Å². The normalized spacial score (nSPS) is 12.2. The van der Waals surface area contributed by atoms with E-state index in [9.17, 15) is 9.18 Å². The quantitative estimate of drug-likeness (QED) is 0.818. The van der Waals surface area contributed by atoms with Crippen LogP contribution < -0.4 is 5.32 Å². The number of hydrogen-bond donors (Lipinski definition) is 1. The summed E-state index contributed by atoms with van der Waals surface area (Å²) in [6.45, 7) is 1.77. The van der Waals surface area contributed by atoms with E-state index >= 15 is 0 Å². The lowest BCUT2D eigenvalue weighted by molar-refractivity contribution is 0.0931. The van der Waals surface area contributed by atoms with E-state index in [1.165, 1.54) is 18.2 Å². The lowest BCUT2D eigenvalue weighted by Crippen LogP contribution is -2.29. The van der Waals surface area contributed by atoms with Crippen LogP contribution in [0.2, 0.25) is 0 Å². The van der Waals surface area contributed by atoms with Gasteiger partial charge in [0, 0.05) is 7.05 Å². The summed E-state index contributed by atoms with van der Waals surface area (Å²) in [5.41, 5.74) is 0.0315. The smallest absolute Gasteiger partial charge is 0.270 e. The lowest BCUT2D eigenvalue weighted by Gasteiger charge is -2.12. The Morgan fingerprint density at radius 3 is 2.89 bits per heavy atom. The van der Waals surface area contributed by atoms with Crippen LogP contribution in [0.5, 0.6) is 0 Å². The second-order valence-corrected chi connectivity index (χ2v) is 3.84. The highest BCUT2D eigenvalue weighted by molar-refractivity contribution is 5.92. The molecule has 18 heavy (non-hydrogen) atoms. The Morgan fingerprint density at radius 1 is 1.50 bits per heavy atom. The number of carbonyl (C=O) groups excluding carboxylic acids is 1. The minimum absolute atomic E-state index is 0.0315. The molecule has 2 aromatic rings. The first kappa shape index (κ1) is 12.2. The fourth-order valence-corrected chi connectivity index (χ4v) is 1.55. The fraction of sp³-hybridized carbons (Fsp3) is 0.273. The number of nitrogens with one attached hydrogen (secondary N) is 1. The van der Waals surface area contributed by atoms with Gasteiger partial charge in [0.15, 0.2) is 5.82 Å². The van der Waals surface area contributed by atoms with E-state index < -0.39 is 11.9 Å². The molecule has 2 rings (SSSR count). The Kier molecular flexibility index (Phi) is 3.31. The van der Waals surface area contributed by atoms with Crippen molar-refractivity contribution >= 4 is 5.91 Å². The molecular formula is C11H12FN5O. The van der Waals surface area contributed by atoms with Crippen LogP contribution in [0.15, 0.2) is 24.5 Å². The molecule has 0 saturated heterocycles. The Labute approximate surface area is 103 Å². The molecule has 1 N–H and O–H groups in total. The van der Waals surface area contributed by atoms with Crippen LogP contribution in [0.4, 0.5) is 4.39 Å². The molecule has 0 radical (unpaired) electrons. The number of aryl methyl sites for hydroxylation is 1. The Hall–Kier alpha value is -2.31. The summed E-state index contributed by atoms with van der Waals surface area (Å²) in [4.78, 5) is 15.3. The van der Waals surface area contributed by atoms with Crippen molar-refractivity contribution in [2.24, 2.45) is 7.05 Å². The highest BCUT2D eigenvalue weighted by Crippen LogP contribution is 2.08. The van der Waals surface area contributed by atoms with Crippen molar-refractivity contribution in [2.45, 2.75) is 13.0 Å². The van der Waals surface area contributed by atoms with Crippen molar-refractivity contribution in [2.75, 3.05) is 0 Å². The van der Waals surface area contributed by atoms with E-state index in [-0.39, 0.29) is 11.7 Å². The molecular weight excluding hydrogens is 237 g/mol. The molecule has 2 aromatic heterocycles. The van der Waals surface area contributed by atoms with Crippen LogP contribution >= 0.6 is 0 Å². The Balaban J connectivity index is 2.10. The van der Waals surface area contributed by atoms with Crippen molar-refractivity contribution in [3.63, 3.8) is 0 Å². The zero-order valence-corrected chi connectivity index (χ0v) is 9.96. The minimum atomic E-state index is -0.686. The van der Waals surface area contributed by atoms with E-state index in [0.717, 1.165) is 0 Å². The molecule has 0 aliphatic carbocycles. The van der Waals surface area contributed by atoms with Gasteiger partial charge in [0.2, 0.25) is 5.95 Å². The molecule has 0 saturated carbocycles. The van der Waals surface area contributed by atoms with Gasteiger partial charge in [-0.15, -0.1) is 10.2 Å². The number of nitrogens with zero attached hydrogens (tertiary/aromatic N) is 4. The molecule has 0 aliphatic heterocycles. The van der Waals surface area contributed by atoms with Crippen LogP contribution in [0.25, 0.3) is 0 Å². The third-order valence-corrected chi connectivity index (χ3v) is 2.43. The fourth-order valence-electron chi connectivity index (χ4n) is 1.55. The zero-order chi connectivity index (χ0) is 13.1. The predicted molar refractivity (Wildman–Crippen MR) is 61.1 cm³/mol. The third-order valence-electron chi connectivity index (χ3n) is 2.43. The molecule has 0 bridgehead atoms. The molecule has 7 heteroatoms. The topological polar surface area (TPSA) is 72.7 Å². The average Bonchev–Trinajstić information content (AvgIpc) is 2.75. The number of rotatable bonds is 3. The number of amides is 1. The summed E-state index contributed by atoms with van der Waals surface area (Å²) in [5, 5.41) is 10.3. The van der Waals surface area contributed by atoms with Gasteiger partial charge in [0.05, 0.1) is 6.04 Å². The van der Waals surface area contributed by atoms with Gasteiger partial charge in [-0.25, -0.2) is 4.98 Å². The van der Waals surface area contributed by atoms with Crippen LogP contribution in [-0.2, 0) is 7.05 Å². The third kappa shape index (κ3) is 2.50. The summed E-state index contributed by atoms with van der Waals surface area (Å²) in [5.74, 6) is -0.529. The van der Waals surface area contributed by atoms with Crippen LogP contribution in [0.3, 0.4) is 0 Å². The maximum Gasteiger partial charge on any atom is 0.270 e. The minimum Gasteiger partial charge on any atom is -0.341 e. The summed E-state index contributed by atoms with van der Waals surface area (Å²) in [7, 11) is 1.78. The SMILES string of the molecule is CC(NC(=O)c1cccc(F)n1)c1nncn1C. The molecule has 0 spiro atoms. The van der Waals surface area contributed by atoms with Crippen molar-refractivity contribution in [3.05, 3.63) is 42.0 Å². The molecule has 1 amide bonds. The lowest BCUT2D eigenvalue weighted by atomic mass is 10.2. The van der Waals surface area contributed by atoms with Crippen molar-refractivity contribution in [1.29, 1.82) is 0 Å². The second kappa shape index (κ2) is 4.91. The van der Waals surface area contributed by atoms with Crippen LogP contribution in [0, 0.1) is 5.95 Å². The summed E-state index contributed by atoms with van der Waals surface area (Å²) in [6, 6.07) is 3.73. The first-order valence-electron chi connectivity index (χ1n) is 5.35. The number of carbonyl (C=O) groups is 1. The molecule has 2 heterocycles. The van der Waals surface area contributed by atoms with Crippen LogP contribution in [-0.4, -0.2) is 25.7 Å². The van der Waals surface area contributed by atoms with Gasteiger partial charge < -0.3 is 9.88 Å². The molecule has 0 aromatic carbocycles. The van der Waals surface area contributed by atoms with E-state index in [4.69, 9.17) is 0 Å². The highest BCUT2D eigenvalue weighted by Gasteiger charge is 2.16. The van der Waals surface area contributed by atoms with Gasteiger partial charge in [-0.05, 0) is 19.1 Å². The summed E-state index contributed by atoms with van der Waals surface area (Å²) in [6.07, 6.45) is 1.54. The number of halogens is 1. The first-order valence-corrected chi connectivity index (χ1v) is 5.35. The molecule has 0 fully saturated rings. The maximum absolute atomic E-state index is 12.9. The molecule has 94 valence electrons. The average molecular weight is 249 g/mol. The molecule has 1 atom stereocenters. The Bertz CT molecular complexity index is 568. The predicted octanol–water partition coefficient (Wildman–Crippen LogP) is 0.840. The van der Waals surface area contributed by atoms with E-state index in [2.05, 4.69) is 20.5 Å². The summed E-state index contributed by atoms with van der Waals surface area (Å²) >= 11 is 0. The van der Waals surface area contributed by atoms with E-state index in [1.54, 1.807) is 24.9 Å². The molecule has 0 aliphatic rings. The zero-order valence-electron chi connectivity index (χ0n) is 9.96. The number of hydrogen-bond acceptors (Lipinski definition) is 4. The van der Waals surface area contributed by atoms with Gasteiger partial charge >= 0.3 is 0 Å². The van der Waals surface area contributed by atoms with Gasteiger partial charge in [0.1, 0.15) is 12.0 Å². The summed E-state index contributed by atoms with van der Waals surface area (Å²) < 4.78 is 14.6. The highest BCUT2D eigenvalue weighted by atomic mass is 19.1. The van der Waals surface area contributed by atoms with Gasteiger partial charge in [-0.2, -0.15) is 4.39 Å².